The molecule has 146 valence electrons. The summed E-state index contributed by atoms with van der Waals surface area (Å²) in [4.78, 5) is 46.7. The molecule has 0 aliphatic carbocycles. The van der Waals surface area contributed by atoms with Crippen molar-refractivity contribution < 1.29 is 28.7 Å². The molecule has 0 unspecified atom stereocenters. The van der Waals surface area contributed by atoms with Gasteiger partial charge in [0.25, 0.3) is 5.91 Å². The van der Waals surface area contributed by atoms with E-state index in [1.165, 1.54) is 20.1 Å². The van der Waals surface area contributed by atoms with Gasteiger partial charge >= 0.3 is 18.0 Å². The fraction of sp³-hybridized carbons (Fsp3) is 0.368. The monoisotopic (exact) mass is 376 g/mol. The Kier molecular flexibility index (Phi) is 7.71. The van der Waals surface area contributed by atoms with Gasteiger partial charge < -0.3 is 14.8 Å². The second kappa shape index (κ2) is 9.51. The van der Waals surface area contributed by atoms with Gasteiger partial charge in [0, 0.05) is 11.6 Å². The van der Waals surface area contributed by atoms with Crippen LogP contribution in [0.1, 0.15) is 43.6 Å². The van der Waals surface area contributed by atoms with Gasteiger partial charge in [0.1, 0.15) is 0 Å². The van der Waals surface area contributed by atoms with E-state index in [1.54, 1.807) is 45.0 Å². The van der Waals surface area contributed by atoms with Crippen molar-refractivity contribution in [2.75, 3.05) is 7.11 Å². The predicted molar refractivity (Wildman–Crippen MR) is 98.8 cm³/mol. The number of rotatable bonds is 5. The second-order valence-electron chi connectivity index (χ2n) is 6.72. The van der Waals surface area contributed by atoms with Crippen molar-refractivity contribution in [3.63, 3.8) is 0 Å². The van der Waals surface area contributed by atoms with Crippen molar-refractivity contribution in [2.45, 2.75) is 39.3 Å². The van der Waals surface area contributed by atoms with Crippen molar-refractivity contribution in [1.82, 2.24) is 10.6 Å². The standard InChI is InChI=1S/C19H24N2O6/c1-12(16(23)20-18(25)21-19(2,3)4)27-15(22)11-8-13-6-9-14(10-7-13)17(24)26-5/h6-12H,1-5H3,(H2,20,21,23,25)/b11-8+/t12-/m1/s1. The molecule has 1 rings (SSSR count). The van der Waals surface area contributed by atoms with E-state index in [1.807, 2.05) is 0 Å². The molecule has 27 heavy (non-hydrogen) atoms. The van der Waals surface area contributed by atoms with Crippen molar-refractivity contribution in [2.24, 2.45) is 0 Å². The number of amides is 3. The summed E-state index contributed by atoms with van der Waals surface area (Å²) < 4.78 is 9.55. The maximum absolute atomic E-state index is 11.9. The topological polar surface area (TPSA) is 111 Å². The lowest BCUT2D eigenvalue weighted by atomic mass is 10.1. The van der Waals surface area contributed by atoms with E-state index in [4.69, 9.17) is 4.74 Å². The smallest absolute Gasteiger partial charge is 0.337 e. The van der Waals surface area contributed by atoms with Gasteiger partial charge in [-0.25, -0.2) is 14.4 Å². The molecule has 8 heteroatoms. The minimum absolute atomic E-state index is 0.385. The Balaban J connectivity index is 2.55. The third-order valence-corrected chi connectivity index (χ3v) is 3.13. The zero-order chi connectivity index (χ0) is 20.6. The first-order valence-corrected chi connectivity index (χ1v) is 8.22. The van der Waals surface area contributed by atoms with Gasteiger partial charge in [-0.3, -0.25) is 10.1 Å². The van der Waals surface area contributed by atoms with Crippen LogP contribution < -0.4 is 10.6 Å². The molecule has 0 heterocycles. The number of methoxy groups -OCH3 is 1. The molecule has 0 saturated carbocycles. The van der Waals surface area contributed by atoms with E-state index in [9.17, 15) is 19.2 Å². The Hall–Kier alpha value is -3.16. The molecular formula is C19H24N2O6. The largest absolute Gasteiger partial charge is 0.465 e. The van der Waals surface area contributed by atoms with E-state index < -0.39 is 35.5 Å². The molecule has 0 aliphatic heterocycles. The molecule has 0 radical (unpaired) electrons. The summed E-state index contributed by atoms with van der Waals surface area (Å²) in [6, 6.07) is 5.70. The molecule has 0 spiro atoms. The van der Waals surface area contributed by atoms with Crippen LogP contribution in [0.2, 0.25) is 0 Å². The summed E-state index contributed by atoms with van der Waals surface area (Å²) in [7, 11) is 1.29. The fourth-order valence-corrected chi connectivity index (χ4v) is 1.86. The number of hydrogen-bond donors (Lipinski definition) is 2. The Morgan fingerprint density at radius 3 is 2.19 bits per heavy atom. The number of carbonyl (C=O) groups is 4. The predicted octanol–water partition coefficient (Wildman–Crippen LogP) is 2.04. The summed E-state index contributed by atoms with van der Waals surface area (Å²) in [5, 5.41) is 4.67. The molecule has 0 fully saturated rings. The molecule has 1 aromatic carbocycles. The minimum atomic E-state index is -1.14. The Bertz CT molecular complexity index is 732. The maximum atomic E-state index is 11.9. The first kappa shape index (κ1) is 21.9. The van der Waals surface area contributed by atoms with Crippen LogP contribution in [-0.4, -0.2) is 42.6 Å². The van der Waals surface area contributed by atoms with Crippen molar-refractivity contribution in [3.8, 4) is 0 Å². The number of ether oxygens (including phenoxy) is 2. The summed E-state index contributed by atoms with van der Waals surface area (Å²) in [6.07, 6.45) is 1.47. The van der Waals surface area contributed by atoms with Gasteiger partial charge in [-0.2, -0.15) is 0 Å². The van der Waals surface area contributed by atoms with Crippen LogP contribution in [0.4, 0.5) is 4.79 Å². The van der Waals surface area contributed by atoms with Crippen LogP contribution in [0.5, 0.6) is 0 Å². The van der Waals surface area contributed by atoms with Gasteiger partial charge in [0.05, 0.1) is 12.7 Å². The molecule has 1 atom stereocenters. The number of imide groups is 1. The van der Waals surface area contributed by atoms with Gasteiger partial charge in [-0.05, 0) is 51.5 Å². The van der Waals surface area contributed by atoms with E-state index in [0.717, 1.165) is 6.08 Å². The third-order valence-electron chi connectivity index (χ3n) is 3.13. The Morgan fingerprint density at radius 2 is 1.67 bits per heavy atom. The summed E-state index contributed by atoms with van der Waals surface area (Å²) >= 11 is 0. The molecule has 1 aromatic rings. The van der Waals surface area contributed by atoms with Crippen LogP contribution in [-0.2, 0) is 19.1 Å². The fourth-order valence-electron chi connectivity index (χ4n) is 1.86. The lowest BCUT2D eigenvalue weighted by molar-refractivity contribution is -0.149. The van der Waals surface area contributed by atoms with E-state index >= 15 is 0 Å². The zero-order valence-corrected chi connectivity index (χ0v) is 16.0. The SMILES string of the molecule is COC(=O)c1ccc(/C=C/C(=O)O[C@H](C)C(=O)NC(=O)NC(C)(C)C)cc1. The van der Waals surface area contributed by atoms with Gasteiger partial charge in [0.2, 0.25) is 0 Å². The number of benzene rings is 1. The van der Waals surface area contributed by atoms with Crippen LogP contribution in [0.15, 0.2) is 30.3 Å². The highest BCUT2D eigenvalue weighted by atomic mass is 16.5. The normalized spacial score (nSPS) is 12.2. The maximum Gasteiger partial charge on any atom is 0.337 e. The first-order valence-electron chi connectivity index (χ1n) is 8.22. The molecule has 0 aliphatic rings. The summed E-state index contributed by atoms with van der Waals surface area (Å²) in [6.45, 7) is 6.66. The van der Waals surface area contributed by atoms with E-state index in [0.29, 0.717) is 11.1 Å². The van der Waals surface area contributed by atoms with E-state index in [2.05, 4.69) is 15.4 Å². The van der Waals surface area contributed by atoms with Crippen molar-refractivity contribution in [1.29, 1.82) is 0 Å². The molecule has 0 bridgehead atoms. The number of nitrogens with one attached hydrogen (secondary N) is 2. The third kappa shape index (κ3) is 8.17. The Labute approximate surface area is 157 Å². The highest BCUT2D eigenvalue weighted by Crippen LogP contribution is 2.08. The number of carbonyl (C=O) groups excluding carboxylic acids is 4. The number of hydrogen-bond acceptors (Lipinski definition) is 6. The molecular weight excluding hydrogens is 352 g/mol. The average molecular weight is 376 g/mol. The average Bonchev–Trinajstić information content (AvgIpc) is 2.57. The van der Waals surface area contributed by atoms with E-state index in [-0.39, 0.29) is 0 Å². The summed E-state index contributed by atoms with van der Waals surface area (Å²) in [5.41, 5.74) is 0.536. The number of esters is 2. The lowest BCUT2D eigenvalue weighted by Gasteiger charge is -2.21. The molecule has 3 amide bonds. The van der Waals surface area contributed by atoms with Crippen LogP contribution in [0.3, 0.4) is 0 Å². The van der Waals surface area contributed by atoms with Crippen molar-refractivity contribution >= 4 is 30.0 Å². The quantitative estimate of drug-likeness (QED) is 0.601. The second-order valence-corrected chi connectivity index (χ2v) is 6.72. The van der Waals surface area contributed by atoms with Gasteiger partial charge in [0.15, 0.2) is 6.10 Å². The molecule has 0 saturated heterocycles. The Morgan fingerprint density at radius 1 is 1.07 bits per heavy atom. The highest BCUT2D eigenvalue weighted by Gasteiger charge is 2.21. The minimum Gasteiger partial charge on any atom is -0.465 e. The van der Waals surface area contributed by atoms with Crippen LogP contribution in [0, 0.1) is 0 Å². The molecule has 0 aromatic heterocycles. The highest BCUT2D eigenvalue weighted by molar-refractivity contribution is 5.98. The van der Waals surface area contributed by atoms with Crippen LogP contribution in [0.25, 0.3) is 6.08 Å². The lowest BCUT2D eigenvalue weighted by Crippen LogP contribution is -2.50. The zero-order valence-electron chi connectivity index (χ0n) is 16.0. The van der Waals surface area contributed by atoms with Crippen molar-refractivity contribution in [3.05, 3.63) is 41.5 Å². The first-order chi connectivity index (χ1) is 12.5. The summed E-state index contributed by atoms with van der Waals surface area (Å²) in [5.74, 6) is -1.94. The van der Waals surface area contributed by atoms with Gasteiger partial charge in [-0.15, -0.1) is 0 Å². The van der Waals surface area contributed by atoms with Gasteiger partial charge in [-0.1, -0.05) is 12.1 Å². The molecule has 8 nitrogen and oxygen atoms in total. The number of urea groups is 1. The molecule has 2 N–H and O–H groups in total. The van der Waals surface area contributed by atoms with Crippen LogP contribution >= 0.6 is 0 Å².